The molecule has 1 aliphatic rings. The lowest BCUT2D eigenvalue weighted by Gasteiger charge is -2.20. The van der Waals surface area contributed by atoms with Crippen LogP contribution in [0.15, 0.2) is 12.3 Å². The van der Waals surface area contributed by atoms with Gasteiger partial charge < -0.3 is 10.6 Å². The van der Waals surface area contributed by atoms with Gasteiger partial charge in [0.25, 0.3) is 0 Å². The maximum Gasteiger partial charge on any atom is 0.133 e. The van der Waals surface area contributed by atoms with E-state index >= 15 is 0 Å². The van der Waals surface area contributed by atoms with Crippen LogP contribution in [0.5, 0.6) is 0 Å². The molecule has 6 heteroatoms. The number of hydrogen-bond acceptors (Lipinski definition) is 5. The molecule has 0 saturated carbocycles. The highest BCUT2D eigenvalue weighted by Gasteiger charge is 2.28. The van der Waals surface area contributed by atoms with Gasteiger partial charge in [0.05, 0.1) is 17.6 Å². The van der Waals surface area contributed by atoms with Crippen LogP contribution in [0.1, 0.15) is 69.1 Å². The Morgan fingerprint density at radius 3 is 2.61 bits per heavy atom. The fraction of sp³-hybridized carbons (Fsp3) is 0.588. The Labute approximate surface area is 137 Å². The fourth-order valence-corrected chi connectivity index (χ4v) is 3.02. The minimum absolute atomic E-state index is 0.328. The van der Waals surface area contributed by atoms with E-state index in [4.69, 9.17) is 15.7 Å². The normalized spacial score (nSPS) is 18.3. The third-order valence-electron chi connectivity index (χ3n) is 4.48. The second-order valence-corrected chi connectivity index (χ2v) is 6.99. The first-order valence-corrected chi connectivity index (χ1v) is 8.38. The van der Waals surface area contributed by atoms with Crippen molar-refractivity contribution in [2.45, 2.75) is 51.9 Å². The standard InChI is InChI=1S/C17H26N6/c1-10(2)14-7-15(21-17(20-14)11(3)4)23-6-5-12(9-23)16-13(18)8-19-22-16/h7-8,10-12H,5-6,9,18H2,1-4H3,(H,19,22). The summed E-state index contributed by atoms with van der Waals surface area (Å²) in [6, 6.07) is 2.13. The van der Waals surface area contributed by atoms with E-state index in [1.165, 1.54) is 0 Å². The zero-order valence-corrected chi connectivity index (χ0v) is 14.4. The third-order valence-corrected chi connectivity index (χ3v) is 4.48. The summed E-state index contributed by atoms with van der Waals surface area (Å²) < 4.78 is 0. The van der Waals surface area contributed by atoms with Gasteiger partial charge in [0.15, 0.2) is 0 Å². The summed E-state index contributed by atoms with van der Waals surface area (Å²) in [6.07, 6.45) is 2.75. The molecule has 0 spiro atoms. The van der Waals surface area contributed by atoms with E-state index in [1.54, 1.807) is 6.20 Å². The monoisotopic (exact) mass is 314 g/mol. The SMILES string of the molecule is CC(C)c1cc(N2CCC(c3[nH]ncc3N)C2)nc(C(C)C)n1. The van der Waals surface area contributed by atoms with Crippen molar-refractivity contribution in [3.63, 3.8) is 0 Å². The largest absolute Gasteiger partial charge is 0.396 e. The van der Waals surface area contributed by atoms with Gasteiger partial charge in [-0.05, 0) is 12.3 Å². The number of hydrogen-bond donors (Lipinski definition) is 2. The van der Waals surface area contributed by atoms with E-state index in [-0.39, 0.29) is 0 Å². The van der Waals surface area contributed by atoms with Gasteiger partial charge in [-0.3, -0.25) is 5.10 Å². The first-order valence-electron chi connectivity index (χ1n) is 8.38. The molecule has 2 aromatic rings. The molecule has 3 heterocycles. The minimum atomic E-state index is 0.328. The van der Waals surface area contributed by atoms with Gasteiger partial charge in [0, 0.05) is 36.7 Å². The number of nitrogens with two attached hydrogens (primary N) is 1. The Morgan fingerprint density at radius 1 is 1.22 bits per heavy atom. The molecule has 3 N–H and O–H groups in total. The second-order valence-electron chi connectivity index (χ2n) is 6.99. The van der Waals surface area contributed by atoms with Gasteiger partial charge in [-0.1, -0.05) is 27.7 Å². The number of nitrogen functional groups attached to an aromatic ring is 1. The van der Waals surface area contributed by atoms with Gasteiger partial charge in [0.2, 0.25) is 0 Å². The highest BCUT2D eigenvalue weighted by Crippen LogP contribution is 2.32. The van der Waals surface area contributed by atoms with Gasteiger partial charge in [-0.25, -0.2) is 9.97 Å². The van der Waals surface area contributed by atoms with Crippen LogP contribution in [0.3, 0.4) is 0 Å². The number of nitrogens with zero attached hydrogens (tertiary/aromatic N) is 4. The van der Waals surface area contributed by atoms with Crippen LogP contribution < -0.4 is 10.6 Å². The third kappa shape index (κ3) is 3.16. The van der Waals surface area contributed by atoms with Crippen LogP contribution >= 0.6 is 0 Å². The summed E-state index contributed by atoms with van der Waals surface area (Å²) >= 11 is 0. The van der Waals surface area contributed by atoms with Crippen LogP contribution in [0, 0.1) is 0 Å². The predicted molar refractivity (Wildman–Crippen MR) is 92.8 cm³/mol. The van der Waals surface area contributed by atoms with E-state index in [9.17, 15) is 0 Å². The number of anilines is 2. The van der Waals surface area contributed by atoms with E-state index < -0.39 is 0 Å². The molecular weight excluding hydrogens is 288 g/mol. The Morgan fingerprint density at radius 2 is 2.00 bits per heavy atom. The molecule has 1 atom stereocenters. The summed E-state index contributed by atoms with van der Waals surface area (Å²) in [6.45, 7) is 10.5. The predicted octanol–water partition coefficient (Wildman–Crippen LogP) is 3.02. The van der Waals surface area contributed by atoms with E-state index in [0.29, 0.717) is 17.8 Å². The van der Waals surface area contributed by atoms with Crippen molar-refractivity contribution in [2.75, 3.05) is 23.7 Å². The highest BCUT2D eigenvalue weighted by molar-refractivity contribution is 5.47. The lowest BCUT2D eigenvalue weighted by Crippen LogP contribution is -2.22. The number of aromatic nitrogens is 4. The average Bonchev–Trinajstić information content (AvgIpc) is 3.15. The van der Waals surface area contributed by atoms with Gasteiger partial charge >= 0.3 is 0 Å². The molecule has 1 saturated heterocycles. The fourth-order valence-electron chi connectivity index (χ4n) is 3.02. The molecule has 23 heavy (non-hydrogen) atoms. The van der Waals surface area contributed by atoms with Gasteiger partial charge in [-0.2, -0.15) is 5.10 Å². The number of H-pyrrole nitrogens is 1. The molecule has 2 aromatic heterocycles. The van der Waals surface area contributed by atoms with Gasteiger partial charge in [0.1, 0.15) is 11.6 Å². The zero-order valence-electron chi connectivity index (χ0n) is 14.4. The first kappa shape index (κ1) is 15.8. The van der Waals surface area contributed by atoms with Crippen molar-refractivity contribution >= 4 is 11.5 Å². The average molecular weight is 314 g/mol. The highest BCUT2D eigenvalue weighted by atomic mass is 15.2. The Kier molecular flexibility index (Phi) is 4.24. The molecule has 0 amide bonds. The van der Waals surface area contributed by atoms with Crippen LogP contribution in [0.2, 0.25) is 0 Å². The topological polar surface area (TPSA) is 83.7 Å². The molecule has 0 bridgehead atoms. The number of rotatable bonds is 4. The molecule has 124 valence electrons. The quantitative estimate of drug-likeness (QED) is 0.906. The molecule has 1 fully saturated rings. The second kappa shape index (κ2) is 6.18. The molecule has 0 aliphatic carbocycles. The molecule has 1 unspecified atom stereocenters. The molecule has 1 aliphatic heterocycles. The Bertz CT molecular complexity index is 649. The molecule has 0 aromatic carbocycles. The van der Waals surface area contributed by atoms with Crippen molar-refractivity contribution in [3.8, 4) is 0 Å². The minimum Gasteiger partial charge on any atom is -0.396 e. The lowest BCUT2D eigenvalue weighted by atomic mass is 10.0. The molecule has 6 nitrogen and oxygen atoms in total. The molecular formula is C17H26N6. The Balaban J connectivity index is 1.86. The van der Waals surface area contributed by atoms with Crippen molar-refractivity contribution < 1.29 is 0 Å². The number of nitrogens with one attached hydrogen (secondary N) is 1. The first-order chi connectivity index (χ1) is 11.0. The van der Waals surface area contributed by atoms with Crippen LogP contribution in [-0.4, -0.2) is 33.3 Å². The Hall–Kier alpha value is -2.11. The summed E-state index contributed by atoms with van der Waals surface area (Å²) in [5.41, 5.74) is 8.91. The van der Waals surface area contributed by atoms with Crippen LogP contribution in [-0.2, 0) is 0 Å². The summed E-state index contributed by atoms with van der Waals surface area (Å²) in [7, 11) is 0. The maximum absolute atomic E-state index is 5.99. The van der Waals surface area contributed by atoms with E-state index in [0.717, 1.165) is 48.2 Å². The van der Waals surface area contributed by atoms with Crippen LogP contribution in [0.4, 0.5) is 11.5 Å². The molecule has 3 rings (SSSR count). The lowest BCUT2D eigenvalue weighted by molar-refractivity contribution is 0.718. The van der Waals surface area contributed by atoms with Crippen molar-refractivity contribution in [1.82, 2.24) is 20.2 Å². The summed E-state index contributed by atoms with van der Waals surface area (Å²) in [5, 5.41) is 7.09. The van der Waals surface area contributed by atoms with Crippen molar-refractivity contribution in [2.24, 2.45) is 0 Å². The van der Waals surface area contributed by atoms with Crippen molar-refractivity contribution in [1.29, 1.82) is 0 Å². The number of aromatic amines is 1. The zero-order chi connectivity index (χ0) is 16.6. The van der Waals surface area contributed by atoms with Crippen LogP contribution in [0.25, 0.3) is 0 Å². The smallest absolute Gasteiger partial charge is 0.133 e. The van der Waals surface area contributed by atoms with E-state index in [2.05, 4.69) is 48.9 Å². The summed E-state index contributed by atoms with van der Waals surface area (Å²) in [5.74, 6) is 3.08. The van der Waals surface area contributed by atoms with Gasteiger partial charge in [-0.15, -0.1) is 0 Å². The summed E-state index contributed by atoms with van der Waals surface area (Å²) in [4.78, 5) is 11.8. The van der Waals surface area contributed by atoms with E-state index in [1.807, 2.05) is 0 Å². The molecule has 0 radical (unpaired) electrons. The maximum atomic E-state index is 5.99. The van der Waals surface area contributed by atoms with Crippen molar-refractivity contribution in [3.05, 3.63) is 29.5 Å².